The van der Waals surface area contributed by atoms with Gasteiger partial charge in [0.05, 0.1) is 12.2 Å². The largest absolute Gasteiger partial charge is 0.323 e. The molecular formula is C13H26N2O2S. The molecule has 4 nitrogen and oxygen atoms in total. The molecule has 106 valence electrons. The van der Waals surface area contributed by atoms with Crippen LogP contribution in [0.2, 0.25) is 0 Å². The minimum atomic E-state index is -0.785. The molecule has 4 atom stereocenters. The van der Waals surface area contributed by atoms with Crippen LogP contribution < -0.4 is 5.32 Å². The zero-order valence-electron chi connectivity index (χ0n) is 12.1. The molecule has 0 spiro atoms. The Morgan fingerprint density at radius 3 is 2.50 bits per heavy atom. The monoisotopic (exact) mass is 274 g/mol. The predicted octanol–water partition coefficient (Wildman–Crippen LogP) is 1.34. The van der Waals surface area contributed by atoms with Gasteiger partial charge in [-0.1, -0.05) is 13.8 Å². The molecule has 0 aromatic heterocycles. The van der Waals surface area contributed by atoms with E-state index in [2.05, 4.69) is 19.2 Å². The van der Waals surface area contributed by atoms with Crippen LogP contribution in [-0.4, -0.2) is 45.3 Å². The SMILES string of the molecule is CC(C)CC1NC(C)N(C(C)CCS(C)=O)C1=O. The Kier molecular flexibility index (Phi) is 5.79. The van der Waals surface area contributed by atoms with Crippen molar-refractivity contribution in [2.24, 2.45) is 5.92 Å². The molecule has 5 heteroatoms. The molecule has 0 aromatic rings. The second-order valence-corrected chi connectivity index (χ2v) is 7.24. The molecule has 1 rings (SSSR count). The second-order valence-electron chi connectivity index (χ2n) is 5.69. The minimum Gasteiger partial charge on any atom is -0.323 e. The lowest BCUT2D eigenvalue weighted by molar-refractivity contribution is -0.132. The lowest BCUT2D eigenvalue weighted by atomic mass is 10.0. The summed E-state index contributed by atoms with van der Waals surface area (Å²) in [5, 5.41) is 3.35. The maximum Gasteiger partial charge on any atom is 0.241 e. The third kappa shape index (κ3) is 4.05. The molecule has 0 saturated carbocycles. The van der Waals surface area contributed by atoms with E-state index >= 15 is 0 Å². The van der Waals surface area contributed by atoms with E-state index in [0.29, 0.717) is 11.7 Å². The number of nitrogens with zero attached hydrogens (tertiary/aromatic N) is 1. The van der Waals surface area contributed by atoms with Gasteiger partial charge >= 0.3 is 0 Å². The van der Waals surface area contributed by atoms with Gasteiger partial charge in [-0.25, -0.2) is 0 Å². The maximum atomic E-state index is 12.3. The number of nitrogens with one attached hydrogen (secondary N) is 1. The minimum absolute atomic E-state index is 0.0467. The van der Waals surface area contributed by atoms with Crippen molar-refractivity contribution in [1.82, 2.24) is 10.2 Å². The Bertz CT molecular complexity index is 320. The normalized spacial score (nSPS) is 27.9. The summed E-state index contributed by atoms with van der Waals surface area (Å²) >= 11 is 0. The summed E-state index contributed by atoms with van der Waals surface area (Å²) in [5.41, 5.74) is 0. The summed E-state index contributed by atoms with van der Waals surface area (Å²) in [7, 11) is -0.785. The van der Waals surface area contributed by atoms with Crippen molar-refractivity contribution in [3.05, 3.63) is 0 Å². The standard InChI is InChI=1S/C13H26N2O2S/c1-9(2)8-12-13(16)15(11(4)14-12)10(3)6-7-18(5)17/h9-12,14H,6-8H2,1-5H3. The smallest absolute Gasteiger partial charge is 0.241 e. The van der Waals surface area contributed by atoms with Crippen molar-refractivity contribution in [3.63, 3.8) is 0 Å². The van der Waals surface area contributed by atoms with Gasteiger partial charge in [0.25, 0.3) is 0 Å². The molecule has 1 heterocycles. The van der Waals surface area contributed by atoms with E-state index in [1.807, 2.05) is 18.7 Å². The summed E-state index contributed by atoms with van der Waals surface area (Å²) in [6.45, 7) is 8.33. The Labute approximate surface area is 113 Å². The van der Waals surface area contributed by atoms with Gasteiger partial charge in [-0.3, -0.25) is 14.3 Å². The molecule has 4 unspecified atom stereocenters. The number of hydrogen-bond donors (Lipinski definition) is 1. The van der Waals surface area contributed by atoms with Gasteiger partial charge in [0.15, 0.2) is 0 Å². The molecule has 0 radical (unpaired) electrons. The number of hydrogen-bond acceptors (Lipinski definition) is 3. The summed E-state index contributed by atoms with van der Waals surface area (Å²) < 4.78 is 11.1. The summed E-state index contributed by atoms with van der Waals surface area (Å²) in [5.74, 6) is 1.37. The Morgan fingerprint density at radius 2 is 2.00 bits per heavy atom. The van der Waals surface area contributed by atoms with Crippen LogP contribution in [0.15, 0.2) is 0 Å². The van der Waals surface area contributed by atoms with E-state index in [9.17, 15) is 9.00 Å². The van der Waals surface area contributed by atoms with Crippen LogP contribution >= 0.6 is 0 Å². The van der Waals surface area contributed by atoms with Crippen molar-refractivity contribution in [2.45, 2.75) is 58.8 Å². The summed E-state index contributed by atoms with van der Waals surface area (Å²) in [6, 6.07) is 0.107. The fraction of sp³-hybridized carbons (Fsp3) is 0.923. The number of carbonyl (C=O) groups is 1. The van der Waals surface area contributed by atoms with Crippen molar-refractivity contribution in [2.75, 3.05) is 12.0 Å². The molecule has 1 amide bonds. The second kappa shape index (κ2) is 6.66. The average Bonchev–Trinajstić information content (AvgIpc) is 2.50. The highest BCUT2D eigenvalue weighted by Gasteiger charge is 2.38. The molecule has 1 aliphatic rings. The quantitative estimate of drug-likeness (QED) is 0.795. The molecule has 1 N–H and O–H groups in total. The van der Waals surface area contributed by atoms with Crippen LogP contribution in [0.3, 0.4) is 0 Å². The highest BCUT2D eigenvalue weighted by Crippen LogP contribution is 2.20. The summed E-state index contributed by atoms with van der Waals surface area (Å²) in [6.07, 6.45) is 3.48. The van der Waals surface area contributed by atoms with Gasteiger partial charge in [-0.15, -0.1) is 0 Å². The fourth-order valence-corrected chi connectivity index (χ4v) is 3.20. The molecule has 0 bridgehead atoms. The zero-order chi connectivity index (χ0) is 13.9. The molecular weight excluding hydrogens is 248 g/mol. The van der Waals surface area contributed by atoms with Gasteiger partial charge < -0.3 is 4.90 Å². The third-order valence-electron chi connectivity index (χ3n) is 3.42. The lowest BCUT2D eigenvalue weighted by Crippen LogP contribution is -2.42. The first-order chi connectivity index (χ1) is 8.32. The van der Waals surface area contributed by atoms with Crippen LogP contribution in [0.5, 0.6) is 0 Å². The van der Waals surface area contributed by atoms with Gasteiger partial charge in [-0.05, 0) is 32.6 Å². The Morgan fingerprint density at radius 1 is 1.39 bits per heavy atom. The third-order valence-corrected chi connectivity index (χ3v) is 4.23. The van der Waals surface area contributed by atoms with Crippen molar-refractivity contribution < 1.29 is 9.00 Å². The van der Waals surface area contributed by atoms with E-state index in [1.54, 1.807) is 6.26 Å². The Hall–Kier alpha value is -0.420. The van der Waals surface area contributed by atoms with E-state index < -0.39 is 10.8 Å². The topological polar surface area (TPSA) is 49.4 Å². The zero-order valence-corrected chi connectivity index (χ0v) is 12.9. The molecule has 0 aliphatic carbocycles. The van der Waals surface area contributed by atoms with Crippen molar-refractivity contribution >= 4 is 16.7 Å². The number of rotatable bonds is 6. The lowest BCUT2D eigenvalue weighted by Gasteiger charge is -2.28. The van der Waals surface area contributed by atoms with Gasteiger partial charge in [0, 0.05) is 28.9 Å². The highest BCUT2D eigenvalue weighted by atomic mass is 32.2. The number of carbonyl (C=O) groups excluding carboxylic acids is 1. The van der Waals surface area contributed by atoms with Crippen LogP contribution in [0.25, 0.3) is 0 Å². The molecule has 1 saturated heterocycles. The molecule has 1 fully saturated rings. The molecule has 18 heavy (non-hydrogen) atoms. The van der Waals surface area contributed by atoms with Crippen LogP contribution in [-0.2, 0) is 15.6 Å². The highest BCUT2D eigenvalue weighted by molar-refractivity contribution is 7.84. The van der Waals surface area contributed by atoms with Crippen molar-refractivity contribution in [1.29, 1.82) is 0 Å². The van der Waals surface area contributed by atoms with Gasteiger partial charge in [0.2, 0.25) is 5.91 Å². The predicted molar refractivity (Wildman–Crippen MR) is 75.7 cm³/mol. The summed E-state index contributed by atoms with van der Waals surface area (Å²) in [4.78, 5) is 14.2. The van der Waals surface area contributed by atoms with E-state index in [4.69, 9.17) is 0 Å². The number of amides is 1. The first kappa shape index (κ1) is 15.6. The van der Waals surface area contributed by atoms with E-state index in [1.165, 1.54) is 0 Å². The molecule has 1 aliphatic heterocycles. The van der Waals surface area contributed by atoms with Gasteiger partial charge in [0.1, 0.15) is 0 Å². The fourth-order valence-electron chi connectivity index (χ4n) is 2.53. The van der Waals surface area contributed by atoms with E-state index in [0.717, 1.165) is 12.8 Å². The molecule has 0 aromatic carbocycles. The van der Waals surface area contributed by atoms with Crippen LogP contribution in [0.4, 0.5) is 0 Å². The average molecular weight is 274 g/mol. The first-order valence-corrected chi connectivity index (χ1v) is 8.44. The first-order valence-electron chi connectivity index (χ1n) is 6.71. The van der Waals surface area contributed by atoms with Crippen molar-refractivity contribution in [3.8, 4) is 0 Å². The van der Waals surface area contributed by atoms with Crippen LogP contribution in [0, 0.1) is 5.92 Å². The van der Waals surface area contributed by atoms with Crippen LogP contribution in [0.1, 0.15) is 40.5 Å². The van der Waals surface area contributed by atoms with E-state index in [-0.39, 0.29) is 24.2 Å². The maximum absolute atomic E-state index is 12.3. The van der Waals surface area contributed by atoms with Gasteiger partial charge in [-0.2, -0.15) is 0 Å². The Balaban J connectivity index is 2.60.